The first-order valence-electron chi connectivity index (χ1n) is 5.30. The number of nitrogens with one attached hydrogen (secondary N) is 1. The Kier molecular flexibility index (Phi) is 3.86. The van der Waals surface area contributed by atoms with Crippen molar-refractivity contribution in [1.82, 2.24) is 0 Å². The highest BCUT2D eigenvalue weighted by Gasteiger charge is 2.21. The van der Waals surface area contributed by atoms with Crippen molar-refractivity contribution in [2.45, 2.75) is 6.17 Å². The third kappa shape index (κ3) is 3.14. The van der Waals surface area contributed by atoms with Crippen LogP contribution in [0.1, 0.15) is 11.0 Å². The molecule has 7 heteroatoms. The van der Waals surface area contributed by atoms with Crippen LogP contribution in [0, 0.1) is 10.1 Å². The van der Waals surface area contributed by atoms with Gasteiger partial charge >= 0.3 is 0 Å². The number of nitro groups is 1. The predicted molar refractivity (Wildman–Crippen MR) is 69.9 cm³/mol. The van der Waals surface area contributed by atoms with Gasteiger partial charge in [-0.05, 0) is 17.5 Å². The summed E-state index contributed by atoms with van der Waals surface area (Å²) >= 11 is 1.13. The largest absolute Gasteiger partial charge is 0.323 e. The second kappa shape index (κ2) is 5.57. The van der Waals surface area contributed by atoms with Crippen LogP contribution in [0.4, 0.5) is 15.8 Å². The first-order chi connectivity index (χ1) is 9.08. The van der Waals surface area contributed by atoms with Gasteiger partial charge in [-0.3, -0.25) is 14.9 Å². The van der Waals surface area contributed by atoms with Crippen LogP contribution < -0.4 is 5.32 Å². The van der Waals surface area contributed by atoms with Crippen LogP contribution in [0.2, 0.25) is 0 Å². The number of non-ortho nitro benzene ring substituents is 1. The zero-order chi connectivity index (χ0) is 13.8. The molecule has 0 bridgehead atoms. The van der Waals surface area contributed by atoms with Crippen LogP contribution >= 0.6 is 11.3 Å². The molecule has 98 valence electrons. The third-order valence-corrected chi connectivity index (χ3v) is 3.26. The molecule has 0 saturated heterocycles. The third-order valence-electron chi connectivity index (χ3n) is 2.35. The second-order valence-electron chi connectivity index (χ2n) is 3.67. The van der Waals surface area contributed by atoms with Gasteiger partial charge in [0.15, 0.2) is 0 Å². The molecule has 0 aliphatic rings. The molecule has 1 N–H and O–H groups in total. The minimum Gasteiger partial charge on any atom is -0.323 e. The monoisotopic (exact) mass is 280 g/mol. The van der Waals surface area contributed by atoms with Gasteiger partial charge in [0, 0.05) is 22.7 Å². The number of hydrogen-bond acceptors (Lipinski definition) is 4. The van der Waals surface area contributed by atoms with E-state index in [4.69, 9.17) is 0 Å². The molecule has 1 unspecified atom stereocenters. The fourth-order valence-corrected chi connectivity index (χ4v) is 2.17. The highest BCUT2D eigenvalue weighted by atomic mass is 32.1. The lowest BCUT2D eigenvalue weighted by Crippen LogP contribution is -2.17. The minimum absolute atomic E-state index is 0.163. The molecule has 1 aromatic carbocycles. The van der Waals surface area contributed by atoms with E-state index < -0.39 is 17.0 Å². The van der Waals surface area contributed by atoms with Crippen molar-refractivity contribution in [3.8, 4) is 0 Å². The fourth-order valence-electron chi connectivity index (χ4n) is 1.47. The number of nitrogens with zero attached hydrogens (tertiary/aromatic N) is 1. The quantitative estimate of drug-likeness (QED) is 0.689. The van der Waals surface area contributed by atoms with E-state index in [1.807, 2.05) is 0 Å². The lowest BCUT2D eigenvalue weighted by molar-refractivity contribution is -0.384. The standard InChI is InChI=1S/C12H9FN2O3S/c13-11(10-5-2-6-19-10)12(16)14-8-3-1-4-9(7-8)15(17)18/h1-7,11H,(H,14,16). The molecule has 1 atom stereocenters. The Balaban J connectivity index is 2.11. The van der Waals surface area contributed by atoms with Gasteiger partial charge in [-0.15, -0.1) is 11.3 Å². The Morgan fingerprint density at radius 2 is 2.16 bits per heavy atom. The number of hydrogen-bond donors (Lipinski definition) is 1. The summed E-state index contributed by atoms with van der Waals surface area (Å²) in [4.78, 5) is 21.9. The first-order valence-corrected chi connectivity index (χ1v) is 6.18. The summed E-state index contributed by atoms with van der Waals surface area (Å²) in [6, 6.07) is 8.52. The van der Waals surface area contributed by atoms with Crippen molar-refractivity contribution in [3.05, 3.63) is 56.8 Å². The maximum Gasteiger partial charge on any atom is 0.271 e. The van der Waals surface area contributed by atoms with Gasteiger partial charge in [0.25, 0.3) is 11.6 Å². The van der Waals surface area contributed by atoms with Crippen molar-refractivity contribution in [2.75, 3.05) is 5.32 Å². The Hall–Kier alpha value is -2.28. The summed E-state index contributed by atoms with van der Waals surface area (Å²) in [6.45, 7) is 0. The van der Waals surface area contributed by atoms with Gasteiger partial charge in [-0.2, -0.15) is 0 Å². The number of anilines is 1. The SMILES string of the molecule is O=C(Nc1cccc([N+](=O)[O-])c1)C(F)c1cccs1. The Morgan fingerprint density at radius 3 is 2.79 bits per heavy atom. The average Bonchev–Trinajstić information content (AvgIpc) is 2.92. The van der Waals surface area contributed by atoms with Gasteiger partial charge in [0.05, 0.1) is 4.92 Å². The van der Waals surface area contributed by atoms with Crippen LogP contribution in [-0.4, -0.2) is 10.8 Å². The Labute approximate surface area is 111 Å². The highest BCUT2D eigenvalue weighted by Crippen LogP contribution is 2.25. The van der Waals surface area contributed by atoms with Gasteiger partial charge in [-0.1, -0.05) is 12.1 Å². The van der Waals surface area contributed by atoms with Crippen LogP contribution in [-0.2, 0) is 4.79 Å². The molecule has 1 heterocycles. The molecule has 1 aromatic heterocycles. The van der Waals surface area contributed by atoms with E-state index in [0.29, 0.717) is 4.88 Å². The summed E-state index contributed by atoms with van der Waals surface area (Å²) in [7, 11) is 0. The molecule has 0 aliphatic carbocycles. The van der Waals surface area contributed by atoms with E-state index >= 15 is 0 Å². The zero-order valence-corrected chi connectivity index (χ0v) is 10.4. The molecule has 0 fully saturated rings. The number of alkyl halides is 1. The summed E-state index contributed by atoms with van der Waals surface area (Å²) in [5.41, 5.74) is 0.0303. The maximum absolute atomic E-state index is 13.8. The molecular weight excluding hydrogens is 271 g/mol. The molecule has 1 amide bonds. The van der Waals surface area contributed by atoms with Gasteiger partial charge in [-0.25, -0.2) is 4.39 Å². The molecule has 2 aromatic rings. The molecule has 5 nitrogen and oxygen atoms in total. The van der Waals surface area contributed by atoms with Crippen LogP contribution in [0.15, 0.2) is 41.8 Å². The Morgan fingerprint density at radius 1 is 1.37 bits per heavy atom. The van der Waals surface area contributed by atoms with Crippen molar-refractivity contribution in [3.63, 3.8) is 0 Å². The van der Waals surface area contributed by atoms with E-state index in [2.05, 4.69) is 5.32 Å². The number of amides is 1. The molecule has 0 radical (unpaired) electrons. The van der Waals surface area contributed by atoms with E-state index in [1.54, 1.807) is 11.4 Å². The van der Waals surface area contributed by atoms with Crippen LogP contribution in [0.5, 0.6) is 0 Å². The van der Waals surface area contributed by atoms with E-state index in [1.165, 1.54) is 30.3 Å². The maximum atomic E-state index is 13.8. The lowest BCUT2D eigenvalue weighted by atomic mass is 10.2. The summed E-state index contributed by atoms with van der Waals surface area (Å²) in [6.07, 6.45) is -1.78. The number of halogens is 1. The number of carbonyl (C=O) groups excluding carboxylic acids is 1. The molecule has 19 heavy (non-hydrogen) atoms. The summed E-state index contributed by atoms with van der Waals surface area (Å²) in [5.74, 6) is -0.844. The zero-order valence-electron chi connectivity index (χ0n) is 9.58. The summed E-state index contributed by atoms with van der Waals surface area (Å²) in [5, 5.41) is 14.6. The van der Waals surface area contributed by atoms with Crippen LogP contribution in [0.3, 0.4) is 0 Å². The van der Waals surface area contributed by atoms with Gasteiger partial charge in [0.2, 0.25) is 6.17 Å². The van der Waals surface area contributed by atoms with Gasteiger partial charge < -0.3 is 5.32 Å². The van der Waals surface area contributed by atoms with E-state index in [0.717, 1.165) is 11.3 Å². The van der Waals surface area contributed by atoms with Crippen molar-refractivity contribution in [1.29, 1.82) is 0 Å². The molecule has 0 saturated carbocycles. The highest BCUT2D eigenvalue weighted by molar-refractivity contribution is 7.10. The topological polar surface area (TPSA) is 72.2 Å². The number of thiophene rings is 1. The molecular formula is C12H9FN2O3S. The second-order valence-corrected chi connectivity index (χ2v) is 4.65. The first kappa shape index (κ1) is 13.2. The molecule has 0 aliphatic heterocycles. The van der Waals surface area contributed by atoms with Crippen molar-refractivity contribution < 1.29 is 14.1 Å². The smallest absolute Gasteiger partial charge is 0.271 e. The average molecular weight is 280 g/mol. The van der Waals surface area contributed by atoms with Crippen molar-refractivity contribution in [2.24, 2.45) is 0 Å². The normalized spacial score (nSPS) is 11.8. The van der Waals surface area contributed by atoms with Crippen LogP contribution in [0.25, 0.3) is 0 Å². The van der Waals surface area contributed by atoms with Crippen molar-refractivity contribution >= 4 is 28.6 Å². The number of benzene rings is 1. The molecule has 2 rings (SSSR count). The van der Waals surface area contributed by atoms with E-state index in [-0.39, 0.29) is 11.4 Å². The lowest BCUT2D eigenvalue weighted by Gasteiger charge is -2.07. The van der Waals surface area contributed by atoms with Gasteiger partial charge in [0.1, 0.15) is 0 Å². The molecule has 0 spiro atoms. The predicted octanol–water partition coefficient (Wildman–Crippen LogP) is 3.31. The number of carbonyl (C=O) groups is 1. The summed E-state index contributed by atoms with van der Waals surface area (Å²) < 4.78 is 13.8. The number of rotatable bonds is 4. The minimum atomic E-state index is -1.78. The Bertz CT molecular complexity index is 601. The number of nitro benzene ring substituents is 1. The fraction of sp³-hybridized carbons (Fsp3) is 0.0833. The van der Waals surface area contributed by atoms with E-state index in [9.17, 15) is 19.3 Å².